The van der Waals surface area contributed by atoms with Crippen LogP contribution >= 0.6 is 0 Å². The van der Waals surface area contributed by atoms with Crippen molar-refractivity contribution in [3.8, 4) is 0 Å². The molecule has 2 heterocycles. The third-order valence-corrected chi connectivity index (χ3v) is 6.83. The fourth-order valence-corrected chi connectivity index (χ4v) is 5.21. The fourth-order valence-electron chi connectivity index (χ4n) is 5.21. The van der Waals surface area contributed by atoms with Crippen molar-refractivity contribution >= 4 is 5.97 Å². The maximum atomic E-state index is 12.4. The summed E-state index contributed by atoms with van der Waals surface area (Å²) in [7, 11) is 3.13. The van der Waals surface area contributed by atoms with Gasteiger partial charge in [-0.05, 0) is 51.0 Å². The van der Waals surface area contributed by atoms with E-state index in [1.807, 2.05) is 6.92 Å². The zero-order valence-corrected chi connectivity index (χ0v) is 17.6. The van der Waals surface area contributed by atoms with E-state index in [-0.39, 0.29) is 23.4 Å². The van der Waals surface area contributed by atoms with Crippen molar-refractivity contribution in [2.24, 2.45) is 11.3 Å². The first-order valence-corrected chi connectivity index (χ1v) is 9.96. The highest BCUT2D eigenvalue weighted by Gasteiger charge is 2.67. The highest BCUT2D eigenvalue weighted by Crippen LogP contribution is 2.61. The second-order valence-electron chi connectivity index (χ2n) is 8.98. The first-order valence-electron chi connectivity index (χ1n) is 9.96. The maximum absolute atomic E-state index is 12.4. The first kappa shape index (κ1) is 20.6. The number of hydrogen-bond donors (Lipinski definition) is 0. The van der Waals surface area contributed by atoms with Gasteiger partial charge in [0.2, 0.25) is 0 Å². The molecule has 152 valence electrons. The van der Waals surface area contributed by atoms with E-state index >= 15 is 0 Å². The predicted octanol–water partition coefficient (Wildman–Crippen LogP) is 4.17. The van der Waals surface area contributed by atoms with Gasteiger partial charge in [0.05, 0.1) is 26.2 Å². The van der Waals surface area contributed by atoms with Gasteiger partial charge in [0.1, 0.15) is 5.60 Å². The monoisotopic (exact) mass is 378 g/mol. The molecule has 2 saturated heterocycles. The van der Waals surface area contributed by atoms with Gasteiger partial charge in [-0.3, -0.25) is 4.79 Å². The average Bonchev–Trinajstić information content (AvgIpc) is 3.09. The molecule has 2 aliphatic heterocycles. The van der Waals surface area contributed by atoms with Crippen LogP contribution in [0.25, 0.3) is 0 Å². The topological polar surface area (TPSA) is 54.0 Å². The Labute approximate surface area is 163 Å². The molecule has 5 nitrogen and oxygen atoms in total. The van der Waals surface area contributed by atoms with Crippen molar-refractivity contribution in [3.63, 3.8) is 0 Å². The van der Waals surface area contributed by atoms with Crippen molar-refractivity contribution in [2.75, 3.05) is 20.8 Å². The van der Waals surface area contributed by atoms with Gasteiger partial charge >= 0.3 is 5.97 Å². The molecule has 5 atom stereocenters. The van der Waals surface area contributed by atoms with Crippen molar-refractivity contribution in [3.05, 3.63) is 23.3 Å². The third kappa shape index (κ3) is 3.50. The summed E-state index contributed by atoms with van der Waals surface area (Å²) in [6.07, 6.45) is 8.37. The lowest BCUT2D eigenvalue weighted by molar-refractivity contribution is -0.242. The second kappa shape index (κ2) is 7.34. The van der Waals surface area contributed by atoms with Gasteiger partial charge in [-0.2, -0.15) is 0 Å². The van der Waals surface area contributed by atoms with Crippen LogP contribution in [0.4, 0.5) is 0 Å². The minimum Gasteiger partial charge on any atom is -0.469 e. The molecule has 0 radical (unpaired) electrons. The van der Waals surface area contributed by atoms with E-state index < -0.39 is 11.4 Å². The molecule has 0 aromatic heterocycles. The van der Waals surface area contributed by atoms with Crippen LogP contribution in [-0.4, -0.2) is 44.3 Å². The van der Waals surface area contributed by atoms with Crippen LogP contribution in [0.5, 0.6) is 0 Å². The zero-order valence-electron chi connectivity index (χ0n) is 17.6. The van der Waals surface area contributed by atoms with E-state index in [1.54, 1.807) is 7.11 Å². The van der Waals surface area contributed by atoms with Crippen LogP contribution in [0, 0.1) is 11.3 Å². The summed E-state index contributed by atoms with van der Waals surface area (Å²) in [6, 6.07) is 0. The molecule has 3 aliphatic rings. The first-order chi connectivity index (χ1) is 12.7. The number of allylic oxidation sites excluding steroid dienone is 3. The Bertz CT molecular complexity index is 649. The van der Waals surface area contributed by atoms with Gasteiger partial charge in [-0.25, -0.2) is 0 Å². The summed E-state index contributed by atoms with van der Waals surface area (Å²) in [4.78, 5) is 12.4. The lowest BCUT2D eigenvalue weighted by Crippen LogP contribution is -2.55. The smallest absolute Gasteiger partial charge is 0.305 e. The van der Waals surface area contributed by atoms with E-state index in [1.165, 1.54) is 18.3 Å². The van der Waals surface area contributed by atoms with Crippen molar-refractivity contribution in [1.82, 2.24) is 0 Å². The standard InChI is InChI=1S/C22H34O5/c1-15(2)8-7-10-20(3)11-9-16-14-26-18-13-21(4,25-6)27-22(16,18)17(20)12-19(23)24-5/h8-9,17-18H,7,10-14H2,1-6H3/t17-,18-,20+,21+,22+/m1/s1. The minimum absolute atomic E-state index is 0.00696. The zero-order chi connectivity index (χ0) is 19.9. The van der Waals surface area contributed by atoms with E-state index in [4.69, 9.17) is 18.9 Å². The molecule has 1 spiro atoms. The number of carbonyl (C=O) groups excluding carboxylic acids is 1. The average molecular weight is 379 g/mol. The highest BCUT2D eigenvalue weighted by atomic mass is 16.7. The summed E-state index contributed by atoms with van der Waals surface area (Å²) in [5.74, 6) is -0.895. The van der Waals surface area contributed by atoms with Crippen molar-refractivity contribution in [2.45, 2.75) is 77.3 Å². The molecule has 0 aromatic rings. The third-order valence-electron chi connectivity index (χ3n) is 6.83. The number of hydrogen-bond acceptors (Lipinski definition) is 5. The molecule has 2 fully saturated rings. The van der Waals surface area contributed by atoms with Crippen LogP contribution < -0.4 is 0 Å². The molecule has 0 bridgehead atoms. The Hall–Kier alpha value is -1.17. The molecular weight excluding hydrogens is 344 g/mol. The number of rotatable bonds is 6. The van der Waals surface area contributed by atoms with Crippen LogP contribution in [0.1, 0.15) is 59.8 Å². The number of ether oxygens (including phenoxy) is 4. The largest absolute Gasteiger partial charge is 0.469 e. The Morgan fingerprint density at radius 2 is 2.07 bits per heavy atom. The quantitative estimate of drug-likeness (QED) is 0.513. The minimum atomic E-state index is -0.698. The molecule has 0 saturated carbocycles. The molecule has 5 heteroatoms. The molecule has 0 N–H and O–H groups in total. The normalized spacial score (nSPS) is 40.1. The van der Waals surface area contributed by atoms with Crippen LogP contribution in [-0.2, 0) is 23.7 Å². The van der Waals surface area contributed by atoms with E-state index in [9.17, 15) is 4.79 Å². The van der Waals surface area contributed by atoms with Gasteiger partial charge < -0.3 is 18.9 Å². The maximum Gasteiger partial charge on any atom is 0.305 e. The molecule has 0 aromatic carbocycles. The Balaban J connectivity index is 2.00. The highest BCUT2D eigenvalue weighted by molar-refractivity contribution is 5.70. The molecule has 0 amide bonds. The van der Waals surface area contributed by atoms with Gasteiger partial charge in [0.25, 0.3) is 0 Å². The van der Waals surface area contributed by atoms with Gasteiger partial charge in [-0.1, -0.05) is 24.6 Å². The summed E-state index contributed by atoms with van der Waals surface area (Å²) in [6.45, 7) is 9.06. The van der Waals surface area contributed by atoms with Crippen LogP contribution in [0.3, 0.4) is 0 Å². The molecule has 27 heavy (non-hydrogen) atoms. The SMILES string of the molecule is COC(=O)C[C@@H]1[C@@](C)(CCC=C(C)C)CC=C2CO[C@@H]3C[C@@](C)(OC)O[C@@]213. The van der Waals surface area contributed by atoms with Crippen LogP contribution in [0.15, 0.2) is 23.3 Å². The summed E-state index contributed by atoms with van der Waals surface area (Å²) >= 11 is 0. The van der Waals surface area contributed by atoms with Gasteiger partial charge in [0, 0.05) is 19.4 Å². The molecule has 0 unspecified atom stereocenters. The molecule has 1 aliphatic carbocycles. The second-order valence-corrected chi connectivity index (χ2v) is 8.98. The summed E-state index contributed by atoms with van der Waals surface area (Å²) in [5.41, 5.74) is 1.81. The van der Waals surface area contributed by atoms with E-state index in [0.29, 0.717) is 19.4 Å². The van der Waals surface area contributed by atoms with E-state index in [2.05, 4.69) is 32.9 Å². The molecule has 3 rings (SSSR count). The van der Waals surface area contributed by atoms with E-state index in [0.717, 1.165) is 19.3 Å². The van der Waals surface area contributed by atoms with Crippen molar-refractivity contribution in [1.29, 1.82) is 0 Å². The lowest BCUT2D eigenvalue weighted by Gasteiger charge is -2.50. The predicted molar refractivity (Wildman–Crippen MR) is 103 cm³/mol. The Morgan fingerprint density at radius 3 is 2.70 bits per heavy atom. The van der Waals surface area contributed by atoms with Gasteiger partial charge in [-0.15, -0.1) is 0 Å². The summed E-state index contributed by atoms with van der Waals surface area (Å²) in [5, 5.41) is 0. The van der Waals surface area contributed by atoms with Crippen molar-refractivity contribution < 1.29 is 23.7 Å². The summed E-state index contributed by atoms with van der Waals surface area (Å²) < 4.78 is 23.6. The Morgan fingerprint density at radius 1 is 1.33 bits per heavy atom. The number of methoxy groups -OCH3 is 2. The lowest BCUT2D eigenvalue weighted by atomic mass is 9.57. The molecular formula is C22H34O5. The number of esters is 1. The van der Waals surface area contributed by atoms with Crippen LogP contribution in [0.2, 0.25) is 0 Å². The Kier molecular flexibility index (Phi) is 5.59. The number of carbonyl (C=O) groups is 1. The van der Waals surface area contributed by atoms with Gasteiger partial charge in [0.15, 0.2) is 5.79 Å². The fraction of sp³-hybridized carbons (Fsp3) is 0.773.